The number of halogens is 1. The molecular formula is C28H41FN4O. The third-order valence-corrected chi connectivity index (χ3v) is 5.34. The van der Waals surface area contributed by atoms with Crippen molar-refractivity contribution >= 4 is 6.21 Å². The summed E-state index contributed by atoms with van der Waals surface area (Å²) in [6, 6.07) is 0. The largest absolute Gasteiger partial charge is 0.497 e. The maximum absolute atomic E-state index is 13.0. The third kappa shape index (κ3) is 11.1. The lowest BCUT2D eigenvalue weighted by molar-refractivity contribution is 0.303. The molecule has 1 aliphatic heterocycles. The second-order valence-corrected chi connectivity index (χ2v) is 8.04. The van der Waals surface area contributed by atoms with Gasteiger partial charge in [0, 0.05) is 24.9 Å². The highest BCUT2D eigenvalue weighted by Gasteiger charge is 2.19. The molecule has 0 unspecified atom stereocenters. The topological polar surface area (TPSA) is 65.0 Å². The van der Waals surface area contributed by atoms with Crippen LogP contribution in [0.1, 0.15) is 64.3 Å². The van der Waals surface area contributed by atoms with Crippen molar-refractivity contribution in [1.82, 2.24) is 14.9 Å². The number of hydrogen-bond donors (Lipinski definition) is 2. The first-order valence-corrected chi connectivity index (χ1v) is 12.0. The molecule has 0 saturated carbocycles. The predicted molar refractivity (Wildman–Crippen MR) is 141 cm³/mol. The van der Waals surface area contributed by atoms with Crippen LogP contribution in [0, 0.1) is 5.41 Å². The molecule has 2 heterocycles. The molecule has 0 bridgehead atoms. The van der Waals surface area contributed by atoms with Gasteiger partial charge < -0.3 is 20.0 Å². The fourth-order valence-corrected chi connectivity index (χ4v) is 3.25. The van der Waals surface area contributed by atoms with Gasteiger partial charge in [-0.05, 0) is 56.1 Å². The van der Waals surface area contributed by atoms with Gasteiger partial charge in [0.15, 0.2) is 0 Å². The molecule has 0 radical (unpaired) electrons. The molecule has 5 nitrogen and oxygen atoms in total. The Bertz CT molecular complexity index is 905. The number of fused-ring (bicyclic) bond motifs is 1. The summed E-state index contributed by atoms with van der Waals surface area (Å²) in [7, 11) is 1.64. The summed E-state index contributed by atoms with van der Waals surface area (Å²) in [5, 5.41) is 6.76. The molecule has 1 aromatic rings. The van der Waals surface area contributed by atoms with E-state index in [4.69, 9.17) is 10.1 Å². The lowest BCUT2D eigenvalue weighted by Crippen LogP contribution is -2.30. The van der Waals surface area contributed by atoms with E-state index in [2.05, 4.69) is 41.4 Å². The summed E-state index contributed by atoms with van der Waals surface area (Å²) >= 11 is 0. The highest BCUT2D eigenvalue weighted by Crippen LogP contribution is 2.22. The fourth-order valence-electron chi connectivity index (χ4n) is 3.25. The highest BCUT2D eigenvalue weighted by atomic mass is 19.1. The number of H-pyrrole nitrogens is 1. The average molecular weight is 469 g/mol. The van der Waals surface area contributed by atoms with Crippen molar-refractivity contribution in [3.05, 3.63) is 89.7 Å². The second-order valence-electron chi connectivity index (χ2n) is 8.04. The number of aromatic nitrogens is 2. The van der Waals surface area contributed by atoms with Gasteiger partial charge in [-0.2, -0.15) is 0 Å². The maximum atomic E-state index is 13.0. The minimum atomic E-state index is -0.282. The van der Waals surface area contributed by atoms with Crippen LogP contribution in [0.3, 0.4) is 0 Å². The highest BCUT2D eigenvalue weighted by molar-refractivity contribution is 5.70. The van der Waals surface area contributed by atoms with Crippen LogP contribution in [-0.4, -0.2) is 34.7 Å². The van der Waals surface area contributed by atoms with Crippen molar-refractivity contribution in [2.45, 2.75) is 65.8 Å². The number of aromatic amines is 1. The van der Waals surface area contributed by atoms with Gasteiger partial charge in [0.05, 0.1) is 31.4 Å². The van der Waals surface area contributed by atoms with Crippen LogP contribution < -0.4 is 0 Å². The van der Waals surface area contributed by atoms with Crippen molar-refractivity contribution in [2.24, 2.45) is 0 Å². The molecule has 0 spiro atoms. The molecule has 34 heavy (non-hydrogen) atoms. The minimum absolute atomic E-state index is 0.282. The maximum Gasteiger partial charge on any atom is 0.126 e. The van der Waals surface area contributed by atoms with Crippen LogP contribution in [0.4, 0.5) is 4.39 Å². The molecule has 0 aromatic carbocycles. The Morgan fingerprint density at radius 3 is 2.74 bits per heavy atom. The number of allylic oxidation sites excluding steroid dienone is 10. The van der Waals surface area contributed by atoms with E-state index < -0.39 is 0 Å². The zero-order valence-electron chi connectivity index (χ0n) is 21.2. The molecule has 1 aliphatic rings. The predicted octanol–water partition coefficient (Wildman–Crippen LogP) is 7.35. The fraction of sp³-hybridized carbons (Fsp3) is 0.429. The summed E-state index contributed by atoms with van der Waals surface area (Å²) in [4.78, 5) is 10.1. The van der Waals surface area contributed by atoms with Crippen molar-refractivity contribution in [3.63, 3.8) is 0 Å². The van der Waals surface area contributed by atoms with Crippen LogP contribution in [-0.2, 0) is 17.7 Å². The van der Waals surface area contributed by atoms with Crippen molar-refractivity contribution < 1.29 is 9.13 Å². The summed E-state index contributed by atoms with van der Waals surface area (Å²) in [5.41, 5.74) is 4.31. The summed E-state index contributed by atoms with van der Waals surface area (Å²) < 4.78 is 18.1. The van der Waals surface area contributed by atoms with Crippen LogP contribution >= 0.6 is 0 Å². The molecule has 0 atom stereocenters. The summed E-state index contributed by atoms with van der Waals surface area (Å²) in [5.74, 6) is 0.395. The Balaban J connectivity index is 0.000000385. The van der Waals surface area contributed by atoms with E-state index in [9.17, 15) is 4.39 Å². The molecule has 2 rings (SSSR count). The zero-order valence-corrected chi connectivity index (χ0v) is 21.2. The Hall–Kier alpha value is -3.15. The van der Waals surface area contributed by atoms with Gasteiger partial charge in [-0.1, -0.05) is 51.5 Å². The smallest absolute Gasteiger partial charge is 0.126 e. The van der Waals surface area contributed by atoms with Crippen molar-refractivity contribution in [1.29, 1.82) is 5.41 Å². The summed E-state index contributed by atoms with van der Waals surface area (Å²) in [6.07, 6.45) is 22.0. The Labute approximate surface area is 205 Å². The number of nitrogens with zero attached hydrogens (tertiary/aromatic N) is 2. The zero-order chi connectivity index (χ0) is 25.2. The Kier molecular flexibility index (Phi) is 14.7. The molecule has 0 fully saturated rings. The van der Waals surface area contributed by atoms with E-state index >= 15 is 0 Å². The summed E-state index contributed by atoms with van der Waals surface area (Å²) in [6.45, 7) is 11.7. The Morgan fingerprint density at radius 2 is 2.06 bits per heavy atom. The molecule has 186 valence electrons. The lowest BCUT2D eigenvalue weighted by Gasteiger charge is -2.30. The quantitative estimate of drug-likeness (QED) is 0.191. The van der Waals surface area contributed by atoms with Gasteiger partial charge in [0.25, 0.3) is 0 Å². The van der Waals surface area contributed by atoms with E-state index in [1.807, 2.05) is 18.2 Å². The third-order valence-electron chi connectivity index (χ3n) is 5.34. The van der Waals surface area contributed by atoms with Gasteiger partial charge >= 0.3 is 0 Å². The van der Waals surface area contributed by atoms with Gasteiger partial charge in [-0.3, -0.25) is 0 Å². The number of rotatable bonds is 12. The van der Waals surface area contributed by atoms with Crippen LogP contribution in [0.25, 0.3) is 0 Å². The van der Waals surface area contributed by atoms with E-state index in [1.165, 1.54) is 42.1 Å². The van der Waals surface area contributed by atoms with Crippen LogP contribution in [0.15, 0.2) is 78.3 Å². The van der Waals surface area contributed by atoms with Crippen LogP contribution in [0.5, 0.6) is 0 Å². The van der Waals surface area contributed by atoms with Crippen molar-refractivity contribution in [2.75, 3.05) is 13.7 Å². The van der Waals surface area contributed by atoms with Crippen molar-refractivity contribution in [3.8, 4) is 0 Å². The first-order valence-electron chi connectivity index (χ1n) is 12.0. The second kappa shape index (κ2) is 17.3. The molecule has 2 N–H and O–H groups in total. The Morgan fingerprint density at radius 1 is 1.26 bits per heavy atom. The molecule has 0 amide bonds. The van der Waals surface area contributed by atoms with Gasteiger partial charge in [-0.15, -0.1) is 0 Å². The number of methoxy groups -OCH3 is 1. The van der Waals surface area contributed by atoms with Gasteiger partial charge in [0.2, 0.25) is 0 Å². The van der Waals surface area contributed by atoms with E-state index in [0.29, 0.717) is 11.3 Å². The molecular weight excluding hydrogens is 427 g/mol. The van der Waals surface area contributed by atoms with E-state index in [0.717, 1.165) is 45.0 Å². The van der Waals surface area contributed by atoms with E-state index in [1.54, 1.807) is 26.4 Å². The SMILES string of the molecule is C=C(/C=C\C=C(/CCCC)N1CCc2nc[nH]c2C1)OC.CCC\C=C/C=C(F)\C(C)=C\C=N. The van der Waals surface area contributed by atoms with Gasteiger partial charge in [-0.25, -0.2) is 9.37 Å². The number of ether oxygens (including phenoxy) is 1. The normalized spacial score (nSPS) is 14.7. The standard InChI is InChI=1S/C17H25N3O.C11H16FN/c1-4-5-8-15(9-6-7-14(2)21-3)20-11-10-16-17(12-20)19-13-18-16;1-3-4-5-6-7-11(12)10(2)8-9-13/h6-7,9,13H,2,4-5,8,10-12H2,1,3H3,(H,18,19);5-9,13H,3-4H2,1-2H3/b7-6-,15-9+;6-5-,10-8+,11-7+,13-9?. The minimum Gasteiger partial charge on any atom is -0.497 e. The molecule has 0 aliphatic carbocycles. The molecule has 1 aromatic heterocycles. The first kappa shape index (κ1) is 28.9. The number of hydrogen-bond acceptors (Lipinski definition) is 4. The monoisotopic (exact) mass is 468 g/mol. The van der Waals surface area contributed by atoms with Crippen LogP contribution in [0.2, 0.25) is 0 Å². The lowest BCUT2D eigenvalue weighted by atomic mass is 10.1. The average Bonchev–Trinajstić information content (AvgIpc) is 3.32. The van der Waals surface area contributed by atoms with E-state index in [-0.39, 0.29) is 5.83 Å². The molecule has 0 saturated heterocycles. The number of unbranched alkanes of at least 4 members (excludes halogenated alkanes) is 2. The van der Waals surface area contributed by atoms with Gasteiger partial charge in [0.1, 0.15) is 11.6 Å². The first-order chi connectivity index (χ1) is 16.5. The number of nitrogens with one attached hydrogen (secondary N) is 2. The number of imidazole rings is 1. The molecule has 6 heteroatoms.